The Labute approximate surface area is 107 Å². The summed E-state index contributed by atoms with van der Waals surface area (Å²) in [5.41, 5.74) is 6.37. The molecule has 0 radical (unpaired) electrons. The number of aliphatic carboxylic acids is 1. The third-order valence-electron chi connectivity index (χ3n) is 3.35. The van der Waals surface area contributed by atoms with Crippen LogP contribution >= 0.6 is 0 Å². The van der Waals surface area contributed by atoms with Crippen LogP contribution < -0.4 is 5.73 Å². The Bertz CT molecular complexity index is 400. The maximum Gasteiger partial charge on any atom is 0.315 e. The SMILES string of the molecule is Cc1ccc(C(CN)(CCC(C)O)C(=O)O)cc1. The van der Waals surface area contributed by atoms with Crippen molar-refractivity contribution in [3.05, 3.63) is 35.4 Å². The van der Waals surface area contributed by atoms with Gasteiger partial charge in [-0.25, -0.2) is 0 Å². The van der Waals surface area contributed by atoms with Crippen LogP contribution in [0.3, 0.4) is 0 Å². The molecule has 0 aliphatic heterocycles. The summed E-state index contributed by atoms with van der Waals surface area (Å²) in [7, 11) is 0. The highest BCUT2D eigenvalue weighted by Gasteiger charge is 2.38. The van der Waals surface area contributed by atoms with Gasteiger partial charge in [-0.15, -0.1) is 0 Å². The Balaban J connectivity index is 3.10. The summed E-state index contributed by atoms with van der Waals surface area (Å²) in [5.74, 6) is -0.936. The number of carbonyl (C=O) groups is 1. The first-order chi connectivity index (χ1) is 8.42. The molecule has 0 amide bonds. The summed E-state index contributed by atoms with van der Waals surface area (Å²) in [6.07, 6.45) is 0.220. The van der Waals surface area contributed by atoms with E-state index in [1.54, 1.807) is 19.1 Å². The van der Waals surface area contributed by atoms with Crippen molar-refractivity contribution in [2.24, 2.45) is 5.73 Å². The van der Waals surface area contributed by atoms with Gasteiger partial charge in [-0.05, 0) is 32.3 Å². The van der Waals surface area contributed by atoms with E-state index >= 15 is 0 Å². The molecule has 18 heavy (non-hydrogen) atoms. The minimum Gasteiger partial charge on any atom is -0.481 e. The fraction of sp³-hybridized carbons (Fsp3) is 0.500. The van der Waals surface area contributed by atoms with Crippen LogP contribution in [-0.4, -0.2) is 28.8 Å². The monoisotopic (exact) mass is 251 g/mol. The number of aliphatic hydroxyl groups excluding tert-OH is 1. The van der Waals surface area contributed by atoms with Crippen LogP contribution in [0.15, 0.2) is 24.3 Å². The largest absolute Gasteiger partial charge is 0.481 e. The van der Waals surface area contributed by atoms with E-state index in [-0.39, 0.29) is 6.54 Å². The zero-order chi connectivity index (χ0) is 13.8. The molecule has 4 N–H and O–H groups in total. The molecule has 0 bridgehead atoms. The average molecular weight is 251 g/mol. The average Bonchev–Trinajstić information content (AvgIpc) is 2.31. The van der Waals surface area contributed by atoms with Crippen LogP contribution in [0.2, 0.25) is 0 Å². The molecular formula is C14H21NO3. The summed E-state index contributed by atoms with van der Waals surface area (Å²) < 4.78 is 0. The van der Waals surface area contributed by atoms with Gasteiger partial charge in [-0.1, -0.05) is 29.8 Å². The molecule has 1 aromatic rings. The highest BCUT2D eigenvalue weighted by molar-refractivity contribution is 5.81. The van der Waals surface area contributed by atoms with Crippen molar-refractivity contribution in [1.82, 2.24) is 0 Å². The molecule has 4 heteroatoms. The lowest BCUT2D eigenvalue weighted by Gasteiger charge is -2.29. The lowest BCUT2D eigenvalue weighted by molar-refractivity contribution is -0.144. The maximum absolute atomic E-state index is 11.6. The number of carboxylic acid groups (broad SMARTS) is 1. The van der Waals surface area contributed by atoms with Crippen LogP contribution in [0.5, 0.6) is 0 Å². The van der Waals surface area contributed by atoms with E-state index in [4.69, 9.17) is 5.73 Å². The van der Waals surface area contributed by atoms with Crippen molar-refractivity contribution in [3.63, 3.8) is 0 Å². The number of benzene rings is 1. The normalized spacial score (nSPS) is 16.0. The Kier molecular flexibility index (Phi) is 4.87. The van der Waals surface area contributed by atoms with E-state index in [2.05, 4.69) is 0 Å². The fourth-order valence-electron chi connectivity index (χ4n) is 2.01. The molecule has 100 valence electrons. The minimum absolute atomic E-state index is 0.0259. The van der Waals surface area contributed by atoms with Crippen molar-refractivity contribution >= 4 is 5.97 Å². The molecule has 0 saturated heterocycles. The first-order valence-electron chi connectivity index (χ1n) is 6.11. The lowest BCUT2D eigenvalue weighted by Crippen LogP contribution is -2.43. The summed E-state index contributed by atoms with van der Waals surface area (Å²) in [6, 6.07) is 7.37. The van der Waals surface area contributed by atoms with Gasteiger partial charge < -0.3 is 15.9 Å². The molecule has 0 saturated carbocycles. The van der Waals surface area contributed by atoms with Gasteiger partial charge in [0.1, 0.15) is 5.41 Å². The number of aliphatic hydroxyl groups is 1. The number of nitrogens with two attached hydrogens (primary N) is 1. The molecule has 0 fully saturated rings. The number of hydrogen-bond donors (Lipinski definition) is 3. The van der Waals surface area contributed by atoms with Crippen molar-refractivity contribution < 1.29 is 15.0 Å². The highest BCUT2D eigenvalue weighted by Crippen LogP contribution is 2.30. The van der Waals surface area contributed by atoms with Crippen LogP contribution in [0.4, 0.5) is 0 Å². The third-order valence-corrected chi connectivity index (χ3v) is 3.35. The molecule has 2 atom stereocenters. The molecule has 0 aromatic heterocycles. The van der Waals surface area contributed by atoms with E-state index in [1.165, 1.54) is 0 Å². The van der Waals surface area contributed by atoms with E-state index in [0.29, 0.717) is 18.4 Å². The molecule has 0 aliphatic rings. The second-order valence-electron chi connectivity index (χ2n) is 4.85. The molecule has 0 heterocycles. The third kappa shape index (κ3) is 3.09. The lowest BCUT2D eigenvalue weighted by atomic mass is 9.76. The molecule has 2 unspecified atom stereocenters. The number of carboxylic acids is 1. The molecule has 0 spiro atoms. The summed E-state index contributed by atoms with van der Waals surface area (Å²) in [4.78, 5) is 11.6. The van der Waals surface area contributed by atoms with Gasteiger partial charge in [0.05, 0.1) is 6.10 Å². The van der Waals surface area contributed by atoms with E-state index < -0.39 is 17.5 Å². The van der Waals surface area contributed by atoms with Crippen LogP contribution in [-0.2, 0) is 10.2 Å². The molecule has 4 nitrogen and oxygen atoms in total. The molecular weight excluding hydrogens is 230 g/mol. The zero-order valence-electron chi connectivity index (χ0n) is 10.9. The van der Waals surface area contributed by atoms with Crippen LogP contribution in [0, 0.1) is 6.92 Å². The number of aryl methyl sites for hydroxylation is 1. The predicted octanol–water partition coefficient (Wildman–Crippen LogP) is 1.44. The Morgan fingerprint density at radius 2 is 1.94 bits per heavy atom. The summed E-state index contributed by atoms with van der Waals surface area (Å²) in [5, 5.41) is 18.8. The van der Waals surface area contributed by atoms with Gasteiger partial charge >= 0.3 is 5.97 Å². The van der Waals surface area contributed by atoms with Gasteiger partial charge in [-0.2, -0.15) is 0 Å². The Morgan fingerprint density at radius 1 is 1.39 bits per heavy atom. The maximum atomic E-state index is 11.6. The van der Waals surface area contributed by atoms with E-state index in [0.717, 1.165) is 5.56 Å². The van der Waals surface area contributed by atoms with Gasteiger partial charge in [0.15, 0.2) is 0 Å². The van der Waals surface area contributed by atoms with E-state index in [9.17, 15) is 15.0 Å². The highest BCUT2D eigenvalue weighted by atomic mass is 16.4. The predicted molar refractivity (Wildman–Crippen MR) is 70.5 cm³/mol. The summed E-state index contributed by atoms with van der Waals surface area (Å²) in [6.45, 7) is 3.63. The van der Waals surface area contributed by atoms with Crippen LogP contribution in [0.1, 0.15) is 30.9 Å². The van der Waals surface area contributed by atoms with E-state index in [1.807, 2.05) is 19.1 Å². The number of rotatable bonds is 6. The summed E-state index contributed by atoms with van der Waals surface area (Å²) >= 11 is 0. The first-order valence-corrected chi connectivity index (χ1v) is 6.11. The van der Waals surface area contributed by atoms with Crippen molar-refractivity contribution in [3.8, 4) is 0 Å². The smallest absolute Gasteiger partial charge is 0.315 e. The van der Waals surface area contributed by atoms with Crippen molar-refractivity contribution in [2.75, 3.05) is 6.54 Å². The zero-order valence-corrected chi connectivity index (χ0v) is 10.9. The van der Waals surface area contributed by atoms with Gasteiger partial charge in [0, 0.05) is 6.54 Å². The Hall–Kier alpha value is -1.39. The van der Waals surface area contributed by atoms with Crippen LogP contribution in [0.25, 0.3) is 0 Å². The molecule has 1 rings (SSSR count). The standard InChI is InChI=1S/C14H21NO3/c1-10-3-5-12(6-4-10)14(9-15,13(17)18)8-7-11(2)16/h3-6,11,16H,7-9,15H2,1-2H3,(H,17,18). The minimum atomic E-state index is -1.11. The second-order valence-corrected chi connectivity index (χ2v) is 4.85. The van der Waals surface area contributed by atoms with Crippen molar-refractivity contribution in [1.29, 1.82) is 0 Å². The molecule has 0 aliphatic carbocycles. The quantitative estimate of drug-likeness (QED) is 0.714. The topological polar surface area (TPSA) is 83.5 Å². The fourth-order valence-corrected chi connectivity index (χ4v) is 2.01. The van der Waals surface area contributed by atoms with Gasteiger partial charge in [0.25, 0.3) is 0 Å². The molecule has 1 aromatic carbocycles. The van der Waals surface area contributed by atoms with Gasteiger partial charge in [0.2, 0.25) is 0 Å². The Morgan fingerprint density at radius 3 is 2.33 bits per heavy atom. The second kappa shape index (κ2) is 5.98. The number of hydrogen-bond acceptors (Lipinski definition) is 3. The van der Waals surface area contributed by atoms with Crippen molar-refractivity contribution in [2.45, 2.75) is 38.2 Å². The van der Waals surface area contributed by atoms with Gasteiger partial charge in [-0.3, -0.25) is 4.79 Å². The first kappa shape index (κ1) is 14.7.